The monoisotopic (exact) mass is 200 g/mol. The molecule has 2 heteroatoms. The van der Waals surface area contributed by atoms with Crippen molar-refractivity contribution >= 4 is 6.08 Å². The van der Waals surface area contributed by atoms with Gasteiger partial charge >= 0.3 is 0 Å². The summed E-state index contributed by atoms with van der Waals surface area (Å²) in [6, 6.07) is 5.62. The summed E-state index contributed by atoms with van der Waals surface area (Å²) in [5.41, 5.74) is 2.84. The molecule has 3 rings (SSSR count). The first kappa shape index (κ1) is 9.10. The van der Waals surface area contributed by atoms with Gasteiger partial charge in [0.15, 0.2) is 0 Å². The van der Waals surface area contributed by atoms with E-state index in [4.69, 9.17) is 0 Å². The lowest BCUT2D eigenvalue weighted by molar-refractivity contribution is 0.476. The van der Waals surface area contributed by atoms with E-state index in [-0.39, 0.29) is 0 Å². The van der Waals surface area contributed by atoms with Gasteiger partial charge in [0, 0.05) is 24.5 Å². The first-order chi connectivity index (χ1) is 7.40. The van der Waals surface area contributed by atoms with E-state index in [9.17, 15) is 0 Å². The van der Waals surface area contributed by atoms with Crippen LogP contribution in [-0.4, -0.2) is 17.1 Å². The molecule has 1 N–H and O–H groups in total. The Bertz CT molecular complexity index is 355. The fourth-order valence-corrected chi connectivity index (χ4v) is 2.76. The number of aromatic nitrogens is 1. The summed E-state index contributed by atoms with van der Waals surface area (Å²) >= 11 is 0. The molecule has 2 bridgehead atoms. The highest BCUT2D eigenvalue weighted by Gasteiger charge is 2.29. The van der Waals surface area contributed by atoms with Gasteiger partial charge in [-0.2, -0.15) is 0 Å². The quantitative estimate of drug-likeness (QED) is 0.753. The normalized spacial score (nSPS) is 29.2. The summed E-state index contributed by atoms with van der Waals surface area (Å²) in [4.78, 5) is 4.14. The number of rotatable bonds is 1. The summed E-state index contributed by atoms with van der Waals surface area (Å²) in [5, 5.41) is 3.65. The van der Waals surface area contributed by atoms with Gasteiger partial charge in [-0.3, -0.25) is 4.98 Å². The van der Waals surface area contributed by atoms with Crippen LogP contribution in [0, 0.1) is 0 Å². The molecule has 2 atom stereocenters. The van der Waals surface area contributed by atoms with Crippen molar-refractivity contribution < 1.29 is 0 Å². The molecule has 0 saturated carbocycles. The molecule has 3 heterocycles. The van der Waals surface area contributed by atoms with Gasteiger partial charge in [-0.25, -0.2) is 0 Å². The Morgan fingerprint density at radius 3 is 2.73 bits per heavy atom. The first-order valence-electron chi connectivity index (χ1n) is 5.76. The van der Waals surface area contributed by atoms with Crippen molar-refractivity contribution in [2.24, 2.45) is 0 Å². The van der Waals surface area contributed by atoms with Gasteiger partial charge in [0.2, 0.25) is 0 Å². The zero-order chi connectivity index (χ0) is 10.1. The molecule has 1 aromatic rings. The third-order valence-corrected chi connectivity index (χ3v) is 3.41. The number of pyridine rings is 1. The van der Waals surface area contributed by atoms with Crippen molar-refractivity contribution in [3.05, 3.63) is 35.7 Å². The summed E-state index contributed by atoms with van der Waals surface area (Å²) in [6.45, 7) is 0. The summed E-state index contributed by atoms with van der Waals surface area (Å²) in [6.07, 6.45) is 11.3. The Labute approximate surface area is 90.4 Å². The molecule has 2 saturated heterocycles. The lowest BCUT2D eigenvalue weighted by atomic mass is 9.97. The van der Waals surface area contributed by atoms with Gasteiger partial charge in [0.1, 0.15) is 0 Å². The minimum atomic E-state index is 0.742. The van der Waals surface area contributed by atoms with E-state index in [2.05, 4.69) is 22.4 Å². The molecule has 1 aromatic heterocycles. The lowest BCUT2D eigenvalue weighted by Gasteiger charge is -2.23. The molecule has 78 valence electrons. The van der Waals surface area contributed by atoms with Crippen molar-refractivity contribution in [2.45, 2.75) is 37.8 Å². The van der Waals surface area contributed by atoms with Crippen LogP contribution in [-0.2, 0) is 0 Å². The third-order valence-electron chi connectivity index (χ3n) is 3.41. The number of nitrogens with one attached hydrogen (secondary N) is 1. The van der Waals surface area contributed by atoms with Crippen molar-refractivity contribution in [1.82, 2.24) is 10.3 Å². The average molecular weight is 200 g/mol. The minimum Gasteiger partial charge on any atom is -0.311 e. The standard InChI is InChI=1S/C13H16N2/c1-2-10(9-14-5-1)6-11-7-12-3-4-13(8-11)15-12/h1-2,5-6,9,12-13,15H,3-4,7-8H2. The van der Waals surface area contributed by atoms with Crippen molar-refractivity contribution in [3.63, 3.8) is 0 Å². The minimum absolute atomic E-state index is 0.742. The van der Waals surface area contributed by atoms with Crippen LogP contribution in [0.1, 0.15) is 31.2 Å². The van der Waals surface area contributed by atoms with Crippen LogP contribution in [0.5, 0.6) is 0 Å². The number of nitrogens with zero attached hydrogens (tertiary/aromatic N) is 1. The second-order valence-corrected chi connectivity index (χ2v) is 4.64. The highest BCUT2D eigenvalue weighted by Crippen LogP contribution is 2.31. The molecular weight excluding hydrogens is 184 g/mol. The second-order valence-electron chi connectivity index (χ2n) is 4.64. The summed E-state index contributed by atoms with van der Waals surface area (Å²) < 4.78 is 0. The number of fused-ring (bicyclic) bond motifs is 2. The molecule has 0 aromatic carbocycles. The molecule has 2 aliphatic rings. The average Bonchev–Trinajstić information content (AvgIpc) is 2.60. The fourth-order valence-electron chi connectivity index (χ4n) is 2.76. The topological polar surface area (TPSA) is 24.9 Å². The van der Waals surface area contributed by atoms with Crippen LogP contribution in [0.2, 0.25) is 0 Å². The Hall–Kier alpha value is -1.15. The van der Waals surface area contributed by atoms with Crippen LogP contribution in [0.15, 0.2) is 30.1 Å². The number of hydrogen-bond donors (Lipinski definition) is 1. The third kappa shape index (κ3) is 1.95. The maximum Gasteiger partial charge on any atom is 0.0340 e. The Morgan fingerprint density at radius 1 is 1.27 bits per heavy atom. The molecular formula is C13H16N2. The highest BCUT2D eigenvalue weighted by atomic mass is 15.0. The highest BCUT2D eigenvalue weighted by molar-refractivity contribution is 5.52. The Morgan fingerprint density at radius 2 is 2.07 bits per heavy atom. The smallest absolute Gasteiger partial charge is 0.0340 e. The van der Waals surface area contributed by atoms with Gasteiger partial charge in [-0.15, -0.1) is 0 Å². The van der Waals surface area contributed by atoms with Gasteiger partial charge < -0.3 is 5.32 Å². The molecule has 2 nitrogen and oxygen atoms in total. The van der Waals surface area contributed by atoms with Gasteiger partial charge in [-0.1, -0.05) is 17.7 Å². The fraction of sp³-hybridized carbons (Fsp3) is 0.462. The van der Waals surface area contributed by atoms with Crippen molar-refractivity contribution in [3.8, 4) is 0 Å². The first-order valence-corrected chi connectivity index (χ1v) is 5.76. The van der Waals surface area contributed by atoms with E-state index >= 15 is 0 Å². The van der Waals surface area contributed by atoms with Gasteiger partial charge in [0.25, 0.3) is 0 Å². The Balaban J connectivity index is 1.80. The lowest BCUT2D eigenvalue weighted by Crippen LogP contribution is -2.34. The van der Waals surface area contributed by atoms with Crippen molar-refractivity contribution in [1.29, 1.82) is 0 Å². The van der Waals surface area contributed by atoms with Crippen LogP contribution < -0.4 is 5.32 Å². The van der Waals surface area contributed by atoms with E-state index in [0.717, 1.165) is 12.1 Å². The van der Waals surface area contributed by atoms with Crippen LogP contribution in [0.4, 0.5) is 0 Å². The van der Waals surface area contributed by atoms with E-state index in [1.165, 1.54) is 31.2 Å². The summed E-state index contributed by atoms with van der Waals surface area (Å²) in [5.74, 6) is 0. The molecule has 0 radical (unpaired) electrons. The molecule has 2 fully saturated rings. The van der Waals surface area contributed by atoms with Crippen molar-refractivity contribution in [2.75, 3.05) is 0 Å². The van der Waals surface area contributed by atoms with Crippen LogP contribution in [0.25, 0.3) is 6.08 Å². The van der Waals surface area contributed by atoms with E-state index in [0.29, 0.717) is 0 Å². The predicted molar refractivity (Wildman–Crippen MR) is 61.4 cm³/mol. The maximum absolute atomic E-state index is 4.14. The zero-order valence-corrected chi connectivity index (χ0v) is 8.82. The van der Waals surface area contributed by atoms with Gasteiger partial charge in [0.05, 0.1) is 0 Å². The maximum atomic E-state index is 4.14. The molecule has 0 aliphatic carbocycles. The number of piperidine rings is 1. The number of hydrogen-bond acceptors (Lipinski definition) is 2. The van der Waals surface area contributed by atoms with Gasteiger partial charge in [-0.05, 0) is 37.3 Å². The van der Waals surface area contributed by atoms with Crippen LogP contribution in [0.3, 0.4) is 0 Å². The Kier molecular flexibility index (Phi) is 2.29. The summed E-state index contributed by atoms with van der Waals surface area (Å²) in [7, 11) is 0. The largest absolute Gasteiger partial charge is 0.311 e. The molecule has 2 aliphatic heterocycles. The predicted octanol–water partition coefficient (Wildman–Crippen LogP) is 2.38. The molecule has 0 spiro atoms. The molecule has 15 heavy (non-hydrogen) atoms. The second kappa shape index (κ2) is 3.78. The van der Waals surface area contributed by atoms with E-state index in [1.807, 2.05) is 18.5 Å². The molecule has 0 amide bonds. The van der Waals surface area contributed by atoms with E-state index < -0.39 is 0 Å². The van der Waals surface area contributed by atoms with Crippen LogP contribution >= 0.6 is 0 Å². The molecule has 2 unspecified atom stereocenters. The van der Waals surface area contributed by atoms with E-state index in [1.54, 1.807) is 5.57 Å². The zero-order valence-electron chi connectivity index (χ0n) is 8.82. The SMILES string of the molecule is C(=C1CC2CCC(C1)N2)c1cccnc1.